The number of hydrogen-bond acceptors (Lipinski definition) is 2. The molecule has 0 saturated heterocycles. The highest BCUT2D eigenvalue weighted by atomic mass is 35.5. The highest BCUT2D eigenvalue weighted by Gasteiger charge is 2.27. The lowest BCUT2D eigenvalue weighted by Crippen LogP contribution is -2.48. The first-order valence-corrected chi connectivity index (χ1v) is 9.60. The van der Waals surface area contributed by atoms with Gasteiger partial charge < -0.3 is 10.2 Å². The molecule has 0 aliphatic carbocycles. The summed E-state index contributed by atoms with van der Waals surface area (Å²) in [6, 6.07) is 14.0. The van der Waals surface area contributed by atoms with Gasteiger partial charge >= 0.3 is 0 Å². The van der Waals surface area contributed by atoms with Gasteiger partial charge in [0.1, 0.15) is 6.04 Å². The molecule has 6 heteroatoms. The Balaban J connectivity index is 2.08. The van der Waals surface area contributed by atoms with Crippen molar-refractivity contribution in [3.63, 3.8) is 0 Å². The van der Waals surface area contributed by atoms with Gasteiger partial charge in [-0.3, -0.25) is 9.59 Å². The van der Waals surface area contributed by atoms with Crippen LogP contribution in [0.5, 0.6) is 0 Å². The summed E-state index contributed by atoms with van der Waals surface area (Å²) in [5.41, 5.74) is 1.87. The largest absolute Gasteiger partial charge is 0.350 e. The lowest BCUT2D eigenvalue weighted by atomic mass is 10.1. The third-order valence-electron chi connectivity index (χ3n) is 4.27. The highest BCUT2D eigenvalue weighted by molar-refractivity contribution is 6.30. The maximum absolute atomic E-state index is 12.7. The van der Waals surface area contributed by atoms with Gasteiger partial charge in [-0.2, -0.15) is 0 Å². The molecule has 0 bridgehead atoms. The molecule has 2 aromatic rings. The van der Waals surface area contributed by atoms with Crippen LogP contribution in [0.1, 0.15) is 31.9 Å². The maximum atomic E-state index is 12.7. The third-order valence-corrected chi connectivity index (χ3v) is 4.77. The van der Waals surface area contributed by atoms with Gasteiger partial charge in [0.15, 0.2) is 0 Å². The van der Waals surface area contributed by atoms with Gasteiger partial charge in [-0.1, -0.05) is 61.3 Å². The van der Waals surface area contributed by atoms with E-state index in [1.807, 2.05) is 38.1 Å². The van der Waals surface area contributed by atoms with Crippen molar-refractivity contribution in [3.05, 3.63) is 69.7 Å². The van der Waals surface area contributed by atoms with Crippen molar-refractivity contribution in [2.75, 3.05) is 0 Å². The van der Waals surface area contributed by atoms with E-state index in [4.69, 9.17) is 23.2 Å². The summed E-state index contributed by atoms with van der Waals surface area (Å²) >= 11 is 11.8. The summed E-state index contributed by atoms with van der Waals surface area (Å²) in [7, 11) is 0. The molecule has 2 aromatic carbocycles. The van der Waals surface area contributed by atoms with E-state index < -0.39 is 6.04 Å². The van der Waals surface area contributed by atoms with E-state index in [1.165, 1.54) is 0 Å². The average molecular weight is 407 g/mol. The maximum Gasteiger partial charge on any atom is 0.242 e. The Morgan fingerprint density at radius 3 is 1.85 bits per heavy atom. The van der Waals surface area contributed by atoms with Gasteiger partial charge in [-0.15, -0.1) is 0 Å². The Kier molecular flexibility index (Phi) is 7.69. The minimum Gasteiger partial charge on any atom is -0.350 e. The Labute approximate surface area is 170 Å². The van der Waals surface area contributed by atoms with E-state index in [1.54, 1.807) is 36.1 Å². The van der Waals surface area contributed by atoms with E-state index in [2.05, 4.69) is 5.32 Å². The number of rotatable bonds is 7. The molecule has 1 N–H and O–H groups in total. The predicted octanol–water partition coefficient (Wildman–Crippen LogP) is 4.68. The molecule has 4 nitrogen and oxygen atoms in total. The summed E-state index contributed by atoms with van der Waals surface area (Å²) in [4.78, 5) is 26.9. The topological polar surface area (TPSA) is 49.4 Å². The Hall–Kier alpha value is -2.04. The second kappa shape index (κ2) is 9.77. The quantitative estimate of drug-likeness (QED) is 0.725. The standard InChI is InChI=1S/C21H24Cl2N2O2/c1-14(2)21(27)25(13-17-6-10-19(23)11-7-17)15(3)20(26)24-12-16-4-8-18(22)9-5-16/h4-11,14-15H,12-13H2,1-3H3,(H,24,26)/t15-/m1/s1. The number of nitrogens with zero attached hydrogens (tertiary/aromatic N) is 1. The molecular formula is C21H24Cl2N2O2. The molecule has 0 unspecified atom stereocenters. The molecule has 0 aromatic heterocycles. The van der Waals surface area contributed by atoms with Crippen molar-refractivity contribution < 1.29 is 9.59 Å². The van der Waals surface area contributed by atoms with Gasteiger partial charge in [-0.25, -0.2) is 0 Å². The lowest BCUT2D eigenvalue weighted by molar-refractivity contribution is -0.143. The number of nitrogens with one attached hydrogen (secondary N) is 1. The average Bonchev–Trinajstić information content (AvgIpc) is 2.65. The van der Waals surface area contributed by atoms with Crippen molar-refractivity contribution in [2.24, 2.45) is 5.92 Å². The van der Waals surface area contributed by atoms with E-state index in [0.29, 0.717) is 23.1 Å². The first-order chi connectivity index (χ1) is 12.8. The van der Waals surface area contributed by atoms with Crippen LogP contribution in [0.4, 0.5) is 0 Å². The van der Waals surface area contributed by atoms with Gasteiger partial charge in [0.05, 0.1) is 0 Å². The number of halogens is 2. The van der Waals surface area contributed by atoms with Crippen LogP contribution in [0.2, 0.25) is 10.0 Å². The van der Waals surface area contributed by atoms with Crippen molar-refractivity contribution in [1.29, 1.82) is 0 Å². The van der Waals surface area contributed by atoms with Crippen molar-refractivity contribution in [3.8, 4) is 0 Å². The van der Waals surface area contributed by atoms with Gasteiger partial charge in [-0.05, 0) is 42.3 Å². The number of benzene rings is 2. The van der Waals surface area contributed by atoms with Crippen LogP contribution in [0.3, 0.4) is 0 Å². The summed E-state index contributed by atoms with van der Waals surface area (Å²) in [6.45, 7) is 6.13. The normalized spacial score (nSPS) is 11.9. The van der Waals surface area contributed by atoms with Crippen molar-refractivity contribution in [1.82, 2.24) is 10.2 Å². The molecule has 0 fully saturated rings. The number of carbonyl (C=O) groups is 2. The van der Waals surface area contributed by atoms with Crippen molar-refractivity contribution >= 4 is 35.0 Å². The second-order valence-electron chi connectivity index (χ2n) is 6.77. The van der Waals surface area contributed by atoms with E-state index in [0.717, 1.165) is 11.1 Å². The fraction of sp³-hybridized carbons (Fsp3) is 0.333. The van der Waals surface area contributed by atoms with E-state index in [9.17, 15) is 9.59 Å². The molecule has 0 spiro atoms. The first kappa shape index (κ1) is 21.3. The van der Waals surface area contributed by atoms with Crippen LogP contribution in [0.15, 0.2) is 48.5 Å². The zero-order valence-corrected chi connectivity index (χ0v) is 17.2. The molecule has 1 atom stereocenters. The number of amides is 2. The molecule has 0 radical (unpaired) electrons. The fourth-order valence-electron chi connectivity index (χ4n) is 2.60. The van der Waals surface area contributed by atoms with Crippen LogP contribution in [0, 0.1) is 5.92 Å². The summed E-state index contributed by atoms with van der Waals surface area (Å²) in [5.74, 6) is -0.476. The van der Waals surface area contributed by atoms with Crippen LogP contribution in [0.25, 0.3) is 0 Å². The Morgan fingerprint density at radius 2 is 1.37 bits per heavy atom. The second-order valence-corrected chi connectivity index (χ2v) is 7.64. The zero-order chi connectivity index (χ0) is 20.0. The summed E-state index contributed by atoms with van der Waals surface area (Å²) in [5, 5.41) is 4.17. The molecule has 0 aliphatic heterocycles. The summed E-state index contributed by atoms with van der Waals surface area (Å²) in [6.07, 6.45) is 0. The van der Waals surface area contributed by atoms with E-state index in [-0.39, 0.29) is 17.7 Å². The van der Waals surface area contributed by atoms with Crippen LogP contribution >= 0.6 is 23.2 Å². The smallest absolute Gasteiger partial charge is 0.242 e. The molecule has 0 heterocycles. The van der Waals surface area contributed by atoms with E-state index >= 15 is 0 Å². The molecule has 144 valence electrons. The predicted molar refractivity (Wildman–Crippen MR) is 110 cm³/mol. The minimum atomic E-state index is -0.595. The Bertz CT molecular complexity index is 774. The molecule has 27 heavy (non-hydrogen) atoms. The number of hydrogen-bond donors (Lipinski definition) is 1. The van der Waals surface area contributed by atoms with Crippen LogP contribution in [-0.4, -0.2) is 22.8 Å². The zero-order valence-electron chi connectivity index (χ0n) is 15.7. The molecule has 0 aliphatic rings. The van der Waals surface area contributed by atoms with Gasteiger partial charge in [0, 0.05) is 29.1 Å². The summed E-state index contributed by atoms with van der Waals surface area (Å²) < 4.78 is 0. The monoisotopic (exact) mass is 406 g/mol. The highest BCUT2D eigenvalue weighted by Crippen LogP contribution is 2.16. The SMILES string of the molecule is CC(C)C(=O)N(Cc1ccc(Cl)cc1)[C@H](C)C(=O)NCc1ccc(Cl)cc1. The van der Waals surface area contributed by atoms with Crippen LogP contribution in [-0.2, 0) is 22.7 Å². The lowest BCUT2D eigenvalue weighted by Gasteiger charge is -2.30. The molecule has 2 amide bonds. The Morgan fingerprint density at radius 1 is 0.889 bits per heavy atom. The number of carbonyl (C=O) groups excluding carboxylic acids is 2. The van der Waals surface area contributed by atoms with Gasteiger partial charge in [0.2, 0.25) is 11.8 Å². The van der Waals surface area contributed by atoms with Gasteiger partial charge in [0.25, 0.3) is 0 Å². The fourth-order valence-corrected chi connectivity index (χ4v) is 2.86. The van der Waals surface area contributed by atoms with Crippen LogP contribution < -0.4 is 5.32 Å². The van der Waals surface area contributed by atoms with Crippen molar-refractivity contribution in [2.45, 2.75) is 39.9 Å². The molecular weight excluding hydrogens is 383 g/mol. The molecule has 0 saturated carbocycles. The molecule has 2 rings (SSSR count). The third kappa shape index (κ3) is 6.26. The first-order valence-electron chi connectivity index (χ1n) is 8.85. The minimum absolute atomic E-state index is 0.0703.